The lowest BCUT2D eigenvalue weighted by Gasteiger charge is -2.34. The topological polar surface area (TPSA) is 123 Å². The van der Waals surface area contributed by atoms with Crippen molar-refractivity contribution in [3.8, 4) is 6.07 Å². The summed E-state index contributed by atoms with van der Waals surface area (Å²) in [6, 6.07) is 12.1. The molecule has 2 heterocycles. The fourth-order valence-electron chi connectivity index (χ4n) is 4.11. The molecule has 9 heteroatoms. The number of benzene rings is 2. The molecule has 2 N–H and O–H groups in total. The summed E-state index contributed by atoms with van der Waals surface area (Å²) in [5.41, 5.74) is 3.60. The van der Waals surface area contributed by atoms with Gasteiger partial charge >= 0.3 is 0 Å². The summed E-state index contributed by atoms with van der Waals surface area (Å²) in [4.78, 5) is 41.2. The summed E-state index contributed by atoms with van der Waals surface area (Å²) in [6.45, 7) is 2.76. The predicted molar refractivity (Wildman–Crippen MR) is 120 cm³/mol. The van der Waals surface area contributed by atoms with E-state index >= 15 is 0 Å². The van der Waals surface area contributed by atoms with Crippen LogP contribution in [0.5, 0.6) is 0 Å². The monoisotopic (exact) mass is 448 g/mol. The highest BCUT2D eigenvalue weighted by Gasteiger charge is 2.40. The molecule has 33 heavy (non-hydrogen) atoms. The number of carbonyl (C=O) groups excluding carboxylic acids is 3. The second-order valence-corrected chi connectivity index (χ2v) is 8.06. The average molecular weight is 448 g/mol. The van der Waals surface area contributed by atoms with Crippen molar-refractivity contribution in [3.05, 3.63) is 58.7 Å². The standard InChI is InChI=1S/C24H24N4O5/c1-3-15-10-14(12-25)4-7-19(15)26-22(30)20(29)21-24(32)28(8-9-33-21)17-6-5-16-13-27(2)23(31)18(16)11-17/h4-7,10-11,20-21,29H,3,8-9,13H2,1-2H3,(H,26,30)/t20-,21-/m1/s1. The van der Waals surface area contributed by atoms with Crippen LogP contribution in [-0.2, 0) is 27.3 Å². The first-order valence-electron chi connectivity index (χ1n) is 10.7. The van der Waals surface area contributed by atoms with E-state index in [2.05, 4.69) is 5.32 Å². The number of nitriles is 1. The second kappa shape index (κ2) is 9.02. The number of amides is 3. The highest BCUT2D eigenvalue weighted by molar-refractivity contribution is 6.05. The van der Waals surface area contributed by atoms with Crippen molar-refractivity contribution < 1.29 is 24.2 Å². The normalized spacial score (nSPS) is 18.7. The van der Waals surface area contributed by atoms with E-state index in [4.69, 9.17) is 10.00 Å². The number of hydrogen-bond acceptors (Lipinski definition) is 6. The maximum absolute atomic E-state index is 13.1. The first-order chi connectivity index (χ1) is 15.8. The fourth-order valence-corrected chi connectivity index (χ4v) is 4.11. The van der Waals surface area contributed by atoms with Gasteiger partial charge in [0.2, 0.25) is 0 Å². The molecule has 0 aromatic heterocycles. The number of aliphatic hydroxyl groups is 1. The predicted octanol–water partition coefficient (Wildman–Crippen LogP) is 1.44. The number of aliphatic hydroxyl groups excluding tert-OH is 1. The van der Waals surface area contributed by atoms with Gasteiger partial charge < -0.3 is 25.0 Å². The van der Waals surface area contributed by atoms with E-state index in [-0.39, 0.29) is 19.1 Å². The number of nitrogens with one attached hydrogen (secondary N) is 1. The molecular weight excluding hydrogens is 424 g/mol. The van der Waals surface area contributed by atoms with Gasteiger partial charge in [0.1, 0.15) is 0 Å². The zero-order valence-electron chi connectivity index (χ0n) is 18.4. The first kappa shape index (κ1) is 22.5. The summed E-state index contributed by atoms with van der Waals surface area (Å²) in [5, 5.41) is 22.3. The second-order valence-electron chi connectivity index (χ2n) is 8.06. The molecule has 3 amide bonds. The lowest BCUT2D eigenvalue weighted by Crippen LogP contribution is -2.55. The number of aryl methyl sites for hydroxylation is 1. The SMILES string of the molecule is CCc1cc(C#N)ccc1NC(=O)[C@H](O)[C@H]1OCCN(c2ccc3c(c2)C(=O)N(C)C3)C1=O. The third-order valence-electron chi connectivity index (χ3n) is 5.94. The first-order valence-corrected chi connectivity index (χ1v) is 10.7. The van der Waals surface area contributed by atoms with Gasteiger partial charge in [0, 0.05) is 37.1 Å². The van der Waals surface area contributed by atoms with Crippen LogP contribution < -0.4 is 10.2 Å². The van der Waals surface area contributed by atoms with E-state index in [9.17, 15) is 19.5 Å². The lowest BCUT2D eigenvalue weighted by molar-refractivity contribution is -0.150. The van der Waals surface area contributed by atoms with Crippen molar-refractivity contribution in [2.24, 2.45) is 0 Å². The third-order valence-corrected chi connectivity index (χ3v) is 5.94. The van der Waals surface area contributed by atoms with E-state index < -0.39 is 24.0 Å². The van der Waals surface area contributed by atoms with Gasteiger partial charge in [-0.3, -0.25) is 14.4 Å². The summed E-state index contributed by atoms with van der Waals surface area (Å²) in [5.74, 6) is -1.45. The fraction of sp³-hybridized carbons (Fsp3) is 0.333. The number of fused-ring (bicyclic) bond motifs is 1. The Morgan fingerprint density at radius 3 is 2.82 bits per heavy atom. The van der Waals surface area contributed by atoms with Crippen LogP contribution in [0.4, 0.5) is 11.4 Å². The van der Waals surface area contributed by atoms with Crippen LogP contribution in [0, 0.1) is 11.3 Å². The van der Waals surface area contributed by atoms with Crippen LogP contribution in [0.15, 0.2) is 36.4 Å². The van der Waals surface area contributed by atoms with Gasteiger partial charge in [0.05, 0.1) is 18.2 Å². The molecule has 0 saturated carbocycles. The molecule has 1 fully saturated rings. The lowest BCUT2D eigenvalue weighted by atomic mass is 10.0. The van der Waals surface area contributed by atoms with E-state index in [1.54, 1.807) is 42.3 Å². The Morgan fingerprint density at radius 2 is 2.09 bits per heavy atom. The van der Waals surface area contributed by atoms with Gasteiger partial charge in [-0.05, 0) is 47.9 Å². The van der Waals surface area contributed by atoms with Crippen LogP contribution in [0.25, 0.3) is 0 Å². The van der Waals surface area contributed by atoms with Crippen LogP contribution in [-0.4, -0.2) is 60.1 Å². The molecule has 170 valence electrons. The Balaban J connectivity index is 1.51. The minimum absolute atomic E-state index is 0.113. The molecule has 2 aromatic rings. The van der Waals surface area contributed by atoms with E-state index in [1.807, 2.05) is 19.1 Å². The highest BCUT2D eigenvalue weighted by Crippen LogP contribution is 2.28. The van der Waals surface area contributed by atoms with E-state index in [0.29, 0.717) is 35.5 Å². The molecule has 0 unspecified atom stereocenters. The van der Waals surface area contributed by atoms with E-state index in [0.717, 1.165) is 11.1 Å². The van der Waals surface area contributed by atoms with Gasteiger partial charge in [-0.25, -0.2) is 0 Å². The minimum Gasteiger partial charge on any atom is -0.380 e. The quantitative estimate of drug-likeness (QED) is 0.714. The maximum Gasteiger partial charge on any atom is 0.259 e. The molecule has 1 saturated heterocycles. The van der Waals surface area contributed by atoms with Crippen LogP contribution in [0.3, 0.4) is 0 Å². The number of hydrogen-bond donors (Lipinski definition) is 2. The average Bonchev–Trinajstić information content (AvgIpc) is 3.11. The number of rotatable bonds is 5. The number of carbonyl (C=O) groups is 3. The smallest absolute Gasteiger partial charge is 0.259 e. The summed E-state index contributed by atoms with van der Waals surface area (Å²) < 4.78 is 5.47. The van der Waals surface area contributed by atoms with Gasteiger partial charge in [-0.2, -0.15) is 5.26 Å². The Kier molecular flexibility index (Phi) is 6.14. The highest BCUT2D eigenvalue weighted by atomic mass is 16.5. The molecule has 2 aliphatic heterocycles. The molecule has 0 bridgehead atoms. The van der Waals surface area contributed by atoms with Crippen molar-refractivity contribution in [1.29, 1.82) is 5.26 Å². The van der Waals surface area contributed by atoms with Crippen LogP contribution >= 0.6 is 0 Å². The maximum atomic E-state index is 13.1. The molecule has 2 aliphatic rings. The summed E-state index contributed by atoms with van der Waals surface area (Å²) in [7, 11) is 1.71. The molecule has 2 aromatic carbocycles. The Hall–Kier alpha value is -3.74. The number of ether oxygens (including phenoxy) is 1. The van der Waals surface area contributed by atoms with Crippen molar-refractivity contribution in [3.63, 3.8) is 0 Å². The van der Waals surface area contributed by atoms with Crippen molar-refractivity contribution in [1.82, 2.24) is 4.90 Å². The van der Waals surface area contributed by atoms with Crippen molar-refractivity contribution in [2.75, 3.05) is 30.4 Å². The number of nitrogens with zero attached hydrogens (tertiary/aromatic N) is 3. The van der Waals surface area contributed by atoms with Gasteiger partial charge in [-0.15, -0.1) is 0 Å². The molecule has 2 atom stereocenters. The minimum atomic E-state index is -1.73. The number of morpholine rings is 1. The largest absolute Gasteiger partial charge is 0.380 e. The Morgan fingerprint density at radius 1 is 1.30 bits per heavy atom. The number of anilines is 2. The van der Waals surface area contributed by atoms with Crippen molar-refractivity contribution >= 4 is 29.1 Å². The molecule has 0 radical (unpaired) electrons. The van der Waals surface area contributed by atoms with Gasteiger partial charge in [-0.1, -0.05) is 13.0 Å². The van der Waals surface area contributed by atoms with Crippen LogP contribution in [0.1, 0.15) is 34.0 Å². The zero-order valence-corrected chi connectivity index (χ0v) is 18.4. The van der Waals surface area contributed by atoms with Crippen molar-refractivity contribution in [2.45, 2.75) is 32.1 Å². The van der Waals surface area contributed by atoms with Gasteiger partial charge in [0.15, 0.2) is 12.2 Å². The summed E-state index contributed by atoms with van der Waals surface area (Å²) in [6.07, 6.45) is -2.54. The van der Waals surface area contributed by atoms with Gasteiger partial charge in [0.25, 0.3) is 17.7 Å². The summed E-state index contributed by atoms with van der Waals surface area (Å²) >= 11 is 0. The van der Waals surface area contributed by atoms with Crippen LogP contribution in [0.2, 0.25) is 0 Å². The molecule has 4 rings (SSSR count). The third kappa shape index (κ3) is 4.18. The zero-order chi connectivity index (χ0) is 23.7. The molecule has 0 aliphatic carbocycles. The van der Waals surface area contributed by atoms with E-state index in [1.165, 1.54) is 4.90 Å². The Bertz CT molecular complexity index is 1170. The Labute approximate surface area is 191 Å². The molecule has 0 spiro atoms. The molecular formula is C24H24N4O5. The molecule has 9 nitrogen and oxygen atoms in total.